The minimum Gasteiger partial charge on any atom is -0.328 e. The van der Waals surface area contributed by atoms with Crippen LogP contribution in [0.4, 0.5) is 0 Å². The maximum absolute atomic E-state index is 3.07. The molecule has 112 valence electrons. The Hall–Kier alpha value is 4.26. The largest absolute Gasteiger partial charge is 0.328 e. The first-order valence-electron chi connectivity index (χ1n) is 7.74. The van der Waals surface area contributed by atoms with Crippen LogP contribution in [0, 0.1) is 18.4 Å². The predicted octanol–water partition coefficient (Wildman–Crippen LogP) is 4.25. The zero-order chi connectivity index (χ0) is 13.6. The summed E-state index contributed by atoms with van der Waals surface area (Å²) in [6.45, 7) is 0. The fourth-order valence-electron chi connectivity index (χ4n) is 3.10. The van der Waals surface area contributed by atoms with Gasteiger partial charge in [0.1, 0.15) is 0 Å². The second-order valence-electron chi connectivity index (χ2n) is 5.92. The predicted molar refractivity (Wildman–Crippen MR) is 96.0 cm³/mol. The zero-order valence-electron chi connectivity index (χ0n) is 15.2. The molecule has 0 saturated heterocycles. The monoisotopic (exact) mass is 610 g/mol. The van der Waals surface area contributed by atoms with Crippen molar-refractivity contribution in [3.63, 3.8) is 0 Å². The summed E-state index contributed by atoms with van der Waals surface area (Å²) < 4.78 is 0. The van der Waals surface area contributed by atoms with Crippen molar-refractivity contribution in [2.45, 2.75) is 38.5 Å². The van der Waals surface area contributed by atoms with Gasteiger partial charge >= 0.3 is 0 Å². The van der Waals surface area contributed by atoms with Crippen molar-refractivity contribution in [2.24, 2.45) is 5.92 Å². The standard InChI is InChI=1S/C20H22.2Rb.2Y/c1-3-7-17(8-4-1)15-19-11-13-20(14-12-19)16-18-9-5-2-6-10-18;;;;/h1,5-6,9-14,17H,3-4,7-8,15-16H2;;;;/q-2;;;;. The zero-order valence-corrected chi connectivity index (χ0v) is 30.7. The molecule has 0 atom stereocenters. The summed E-state index contributed by atoms with van der Waals surface area (Å²) in [4.78, 5) is 0. The fraction of sp³-hybridized carbons (Fsp3) is 0.350. The van der Waals surface area contributed by atoms with E-state index in [1.165, 1.54) is 48.8 Å². The molecule has 0 unspecified atom stereocenters. The van der Waals surface area contributed by atoms with Gasteiger partial charge in [0, 0.05) is 182 Å². The molecule has 1 aliphatic rings. The molecule has 24 heavy (non-hydrogen) atoms. The van der Waals surface area contributed by atoms with Crippen molar-refractivity contribution in [1.29, 1.82) is 0 Å². The first-order valence-corrected chi connectivity index (χ1v) is 7.74. The summed E-state index contributed by atoms with van der Waals surface area (Å²) in [6, 6.07) is 20.6. The fourth-order valence-corrected chi connectivity index (χ4v) is 3.10. The third-order valence-corrected chi connectivity index (χ3v) is 4.30. The SMILES string of the molecule is [Rb].[Rb].[Y].[Y].[c-]1ccc(Cc2ccc(CC3CC[CH-]CC3)cc2)cc1. The van der Waals surface area contributed by atoms with Crippen LogP contribution in [-0.4, -0.2) is 116 Å². The molecule has 0 bridgehead atoms. The van der Waals surface area contributed by atoms with Gasteiger partial charge in [0.2, 0.25) is 0 Å². The smallest absolute Gasteiger partial charge is 0 e. The summed E-state index contributed by atoms with van der Waals surface area (Å²) in [5.41, 5.74) is 4.26. The molecule has 1 fully saturated rings. The van der Waals surface area contributed by atoms with Gasteiger partial charge < -0.3 is 6.42 Å². The van der Waals surface area contributed by atoms with Gasteiger partial charge in [0.25, 0.3) is 0 Å². The summed E-state index contributed by atoms with van der Waals surface area (Å²) in [5, 5.41) is 0. The van der Waals surface area contributed by atoms with E-state index in [0.717, 1.165) is 12.3 Å². The Kier molecular flexibility index (Phi) is 22.9. The average Bonchev–Trinajstić information content (AvgIpc) is 2.51. The number of hydrogen-bond donors (Lipinski definition) is 0. The molecule has 2 aromatic rings. The second kappa shape index (κ2) is 18.1. The second-order valence-corrected chi connectivity index (χ2v) is 5.92. The molecule has 1 aliphatic carbocycles. The van der Waals surface area contributed by atoms with E-state index in [9.17, 15) is 0 Å². The third-order valence-electron chi connectivity index (χ3n) is 4.30. The van der Waals surface area contributed by atoms with Crippen molar-refractivity contribution in [2.75, 3.05) is 0 Å². The number of rotatable bonds is 4. The van der Waals surface area contributed by atoms with Crippen molar-refractivity contribution in [3.05, 3.63) is 77.7 Å². The van der Waals surface area contributed by atoms with E-state index in [4.69, 9.17) is 0 Å². The van der Waals surface area contributed by atoms with Gasteiger partial charge in [0.15, 0.2) is 0 Å². The maximum atomic E-state index is 3.07. The molecule has 4 heteroatoms. The van der Waals surface area contributed by atoms with Crippen LogP contribution in [-0.2, 0) is 78.3 Å². The average molecular weight is 611 g/mol. The van der Waals surface area contributed by atoms with Gasteiger partial charge in [-0.05, 0) is 29.9 Å². The molecule has 1 saturated carbocycles. The summed E-state index contributed by atoms with van der Waals surface area (Å²) in [6.07, 6.45) is 10.1. The Balaban J connectivity index is 0. The molecule has 0 spiro atoms. The minimum atomic E-state index is 0. The number of benzene rings is 2. The number of hydrogen-bond acceptors (Lipinski definition) is 0. The molecule has 0 heterocycles. The van der Waals surface area contributed by atoms with Gasteiger partial charge in [-0.2, -0.15) is 48.7 Å². The van der Waals surface area contributed by atoms with Crippen LogP contribution in [0.2, 0.25) is 0 Å². The van der Waals surface area contributed by atoms with Gasteiger partial charge in [-0.3, -0.25) is 0 Å². The van der Waals surface area contributed by atoms with Crippen molar-refractivity contribution in [3.8, 4) is 0 Å². The molecule has 0 aromatic heterocycles. The van der Waals surface area contributed by atoms with E-state index in [2.05, 4.69) is 48.9 Å². The molecular weight excluding hydrogens is 589 g/mol. The van der Waals surface area contributed by atoms with Crippen molar-refractivity contribution in [1.82, 2.24) is 0 Å². The van der Waals surface area contributed by atoms with Crippen LogP contribution in [0.1, 0.15) is 42.4 Å². The van der Waals surface area contributed by atoms with E-state index < -0.39 is 0 Å². The Morgan fingerprint density at radius 1 is 0.792 bits per heavy atom. The van der Waals surface area contributed by atoms with E-state index in [-0.39, 0.29) is 182 Å². The Morgan fingerprint density at radius 3 is 1.88 bits per heavy atom. The van der Waals surface area contributed by atoms with E-state index in [0.29, 0.717) is 0 Å². The van der Waals surface area contributed by atoms with Crippen LogP contribution in [0.5, 0.6) is 0 Å². The normalized spacial score (nSPS) is 13.5. The molecule has 3 rings (SSSR count). The Labute approximate surface area is 296 Å². The van der Waals surface area contributed by atoms with Crippen LogP contribution < -0.4 is 0 Å². The van der Waals surface area contributed by atoms with Crippen LogP contribution in [0.25, 0.3) is 0 Å². The Bertz CT molecular complexity index is 523. The van der Waals surface area contributed by atoms with Gasteiger partial charge in [0.05, 0.1) is 0 Å². The van der Waals surface area contributed by atoms with Gasteiger partial charge in [-0.25, -0.2) is 0 Å². The van der Waals surface area contributed by atoms with Crippen LogP contribution in [0.3, 0.4) is 0 Å². The maximum Gasteiger partial charge on any atom is 0 e. The summed E-state index contributed by atoms with van der Waals surface area (Å²) in [7, 11) is 0. The molecule has 0 nitrogen and oxygen atoms in total. The first-order chi connectivity index (χ1) is 9.90. The molecule has 0 amide bonds. The van der Waals surface area contributed by atoms with Crippen LogP contribution >= 0.6 is 0 Å². The Morgan fingerprint density at radius 2 is 1.29 bits per heavy atom. The molecule has 0 N–H and O–H groups in total. The summed E-state index contributed by atoms with van der Waals surface area (Å²) in [5.74, 6) is 0.899. The van der Waals surface area contributed by atoms with E-state index >= 15 is 0 Å². The topological polar surface area (TPSA) is 0 Å². The molecule has 2 aromatic carbocycles. The van der Waals surface area contributed by atoms with Gasteiger partial charge in [-0.15, -0.1) is 0 Å². The molecule has 4 radical (unpaired) electrons. The van der Waals surface area contributed by atoms with Gasteiger partial charge in [-0.1, -0.05) is 37.1 Å². The van der Waals surface area contributed by atoms with Crippen LogP contribution in [0.15, 0.2) is 48.5 Å². The quantitative estimate of drug-likeness (QED) is 0.455. The summed E-state index contributed by atoms with van der Waals surface area (Å²) >= 11 is 0. The van der Waals surface area contributed by atoms with E-state index in [1.807, 2.05) is 12.1 Å². The van der Waals surface area contributed by atoms with Crippen molar-refractivity contribution < 1.29 is 65.4 Å². The van der Waals surface area contributed by atoms with E-state index in [1.54, 1.807) is 0 Å². The first kappa shape index (κ1) is 30.5. The minimum absolute atomic E-state index is 0. The molecular formula is C20H22Rb2Y2-2. The molecule has 0 aliphatic heterocycles. The third kappa shape index (κ3) is 11.4. The van der Waals surface area contributed by atoms with Crippen molar-refractivity contribution >= 4 is 116 Å².